The molecule has 2 aliphatic rings. The number of β-amino-alcohol motifs (C(OH)–C–C–N with tert-alkyl or cyclic N) is 1. The third kappa shape index (κ3) is 13.3. The molecule has 0 bridgehead atoms. The predicted octanol–water partition coefficient (Wildman–Crippen LogP) is 4.57. The Hall–Kier alpha value is -5.99. The van der Waals surface area contributed by atoms with Gasteiger partial charge in [-0.2, -0.15) is 0 Å². The standard InChI is InChI=1S/C47H57FN6O11S/c1-46(2,3)42(43(59)54-17-13-32(55)26-54)52-41(58)28-63-27-40(57)49-15-18-62-19-20-64-37-22-31-12-14-51-47(4,25-39(56)53-45-50-16-21-66-45)35(31)24-38(37)65-33-10-11-34(36(48)23-33)29-6-8-30(9-7-29)44(60)61-5/h6-11,16,21-24,32,42,51,55H,12-15,17-20,25-28H2,1-5H3,(H,49,57)(H,52,58)(H,50,53,56)/t32-,42?,47-/m1/s1. The van der Waals surface area contributed by atoms with Crippen LogP contribution < -0.4 is 30.7 Å². The monoisotopic (exact) mass is 932 g/mol. The number of carbonyl (C=O) groups is 5. The maximum atomic E-state index is 15.7. The Morgan fingerprint density at radius 3 is 2.44 bits per heavy atom. The number of aromatic nitrogens is 1. The fourth-order valence-electron chi connectivity index (χ4n) is 7.67. The van der Waals surface area contributed by atoms with Gasteiger partial charge in [-0.15, -0.1) is 11.3 Å². The van der Waals surface area contributed by atoms with E-state index in [1.54, 1.807) is 54.0 Å². The van der Waals surface area contributed by atoms with Gasteiger partial charge in [0.1, 0.15) is 37.4 Å². The van der Waals surface area contributed by atoms with Gasteiger partial charge < -0.3 is 55.0 Å². The Morgan fingerprint density at radius 2 is 1.76 bits per heavy atom. The average molecular weight is 933 g/mol. The van der Waals surface area contributed by atoms with Gasteiger partial charge in [-0.3, -0.25) is 19.2 Å². The average Bonchev–Trinajstić information content (AvgIpc) is 3.96. The maximum absolute atomic E-state index is 15.7. The first-order chi connectivity index (χ1) is 31.5. The summed E-state index contributed by atoms with van der Waals surface area (Å²) < 4.78 is 44.0. The number of carbonyl (C=O) groups excluding carboxylic acids is 5. The number of likely N-dealkylation sites (tertiary alicyclic amines) is 1. The van der Waals surface area contributed by atoms with Gasteiger partial charge in [0, 0.05) is 61.3 Å². The van der Waals surface area contributed by atoms with Gasteiger partial charge in [-0.05, 0) is 78.3 Å². The second kappa shape index (κ2) is 22.5. The summed E-state index contributed by atoms with van der Waals surface area (Å²) in [7, 11) is 1.29. The molecule has 0 radical (unpaired) electrons. The van der Waals surface area contributed by atoms with E-state index in [1.807, 2.05) is 33.8 Å². The molecule has 19 heteroatoms. The van der Waals surface area contributed by atoms with Gasteiger partial charge in [0.15, 0.2) is 16.6 Å². The molecule has 17 nitrogen and oxygen atoms in total. The number of anilines is 1. The molecule has 4 aromatic rings. The zero-order valence-electron chi connectivity index (χ0n) is 37.7. The number of amides is 4. The topological polar surface area (TPSA) is 216 Å². The third-order valence-corrected chi connectivity index (χ3v) is 11.8. The summed E-state index contributed by atoms with van der Waals surface area (Å²) >= 11 is 1.32. The lowest BCUT2D eigenvalue weighted by Gasteiger charge is -2.37. The van der Waals surface area contributed by atoms with Gasteiger partial charge in [-0.1, -0.05) is 32.9 Å². The van der Waals surface area contributed by atoms with Crippen molar-refractivity contribution < 1.29 is 57.2 Å². The molecule has 2 aliphatic heterocycles. The number of esters is 1. The van der Waals surface area contributed by atoms with Crippen molar-refractivity contribution in [3.05, 3.63) is 88.7 Å². The molecular formula is C47H57FN6O11S. The van der Waals surface area contributed by atoms with E-state index in [-0.39, 0.29) is 69.3 Å². The van der Waals surface area contributed by atoms with Crippen LogP contribution in [0.15, 0.2) is 66.2 Å². The number of hydrogen-bond donors (Lipinski definition) is 5. The minimum atomic E-state index is -0.831. The largest absolute Gasteiger partial charge is 0.487 e. The molecule has 4 amide bonds. The zero-order valence-corrected chi connectivity index (χ0v) is 38.5. The number of rotatable bonds is 20. The first kappa shape index (κ1) is 49.4. The van der Waals surface area contributed by atoms with Crippen LogP contribution in [0.25, 0.3) is 11.1 Å². The van der Waals surface area contributed by atoms with Crippen molar-refractivity contribution in [1.82, 2.24) is 25.8 Å². The minimum Gasteiger partial charge on any atom is -0.487 e. The van der Waals surface area contributed by atoms with Gasteiger partial charge in [0.05, 0.1) is 32.0 Å². The molecule has 3 aromatic carbocycles. The smallest absolute Gasteiger partial charge is 0.337 e. The van der Waals surface area contributed by atoms with Crippen LogP contribution in [0.1, 0.15) is 62.0 Å². The third-order valence-electron chi connectivity index (χ3n) is 11.1. The number of aliphatic hydroxyl groups excluding tert-OH is 1. The molecule has 354 valence electrons. The number of hydrogen-bond acceptors (Lipinski definition) is 14. The minimum absolute atomic E-state index is 0.0924. The molecule has 0 spiro atoms. The Morgan fingerprint density at radius 1 is 0.985 bits per heavy atom. The quantitative estimate of drug-likeness (QED) is 0.0608. The van der Waals surface area contributed by atoms with E-state index >= 15 is 4.39 Å². The molecule has 3 atom stereocenters. The molecule has 66 heavy (non-hydrogen) atoms. The van der Waals surface area contributed by atoms with E-state index in [9.17, 15) is 29.1 Å². The molecule has 1 unspecified atom stereocenters. The van der Waals surface area contributed by atoms with Crippen LogP contribution in [0.3, 0.4) is 0 Å². The van der Waals surface area contributed by atoms with Crippen molar-refractivity contribution in [3.8, 4) is 28.4 Å². The van der Waals surface area contributed by atoms with E-state index in [0.29, 0.717) is 53.5 Å². The van der Waals surface area contributed by atoms with Crippen LogP contribution in [0.4, 0.5) is 9.52 Å². The highest BCUT2D eigenvalue weighted by atomic mass is 32.1. The first-order valence-corrected chi connectivity index (χ1v) is 22.5. The van der Waals surface area contributed by atoms with Crippen molar-refractivity contribution in [2.75, 3.05) is 71.6 Å². The second-order valence-electron chi connectivity index (χ2n) is 17.2. The van der Waals surface area contributed by atoms with Gasteiger partial charge >= 0.3 is 5.97 Å². The van der Waals surface area contributed by atoms with Crippen LogP contribution in [-0.2, 0) is 45.3 Å². The van der Waals surface area contributed by atoms with Crippen LogP contribution in [0.2, 0.25) is 0 Å². The number of benzene rings is 3. The second-order valence-corrected chi connectivity index (χ2v) is 18.1. The summed E-state index contributed by atoms with van der Waals surface area (Å²) in [6.45, 7) is 8.38. The maximum Gasteiger partial charge on any atom is 0.337 e. The number of nitrogens with one attached hydrogen (secondary N) is 4. The molecule has 1 fully saturated rings. The number of nitrogens with zero attached hydrogens (tertiary/aromatic N) is 2. The fourth-order valence-corrected chi connectivity index (χ4v) is 8.22. The molecule has 1 saturated heterocycles. The van der Waals surface area contributed by atoms with E-state index < -0.39 is 53.3 Å². The molecular weight excluding hydrogens is 876 g/mol. The van der Waals surface area contributed by atoms with Crippen LogP contribution >= 0.6 is 11.3 Å². The summed E-state index contributed by atoms with van der Waals surface area (Å²) in [5, 5.41) is 23.8. The van der Waals surface area contributed by atoms with Crippen LogP contribution in [-0.4, -0.2) is 123 Å². The fraction of sp³-hybridized carbons (Fsp3) is 0.447. The van der Waals surface area contributed by atoms with Crippen LogP contribution in [0, 0.1) is 11.2 Å². The zero-order chi connectivity index (χ0) is 47.4. The number of aliphatic hydroxyl groups is 1. The molecule has 3 heterocycles. The summed E-state index contributed by atoms with van der Waals surface area (Å²) in [6, 6.07) is 13.7. The highest BCUT2D eigenvalue weighted by Gasteiger charge is 2.38. The van der Waals surface area contributed by atoms with Gasteiger partial charge in [0.2, 0.25) is 23.6 Å². The molecule has 0 aliphatic carbocycles. The Labute approximate surface area is 386 Å². The molecule has 0 saturated carbocycles. The Kier molecular flexibility index (Phi) is 16.8. The van der Waals surface area contributed by atoms with Crippen LogP contribution in [0.5, 0.6) is 17.2 Å². The molecule has 1 aromatic heterocycles. The lowest BCUT2D eigenvalue weighted by molar-refractivity contribution is -0.140. The first-order valence-electron chi connectivity index (χ1n) is 21.6. The summed E-state index contributed by atoms with van der Waals surface area (Å²) in [5.74, 6) is -1.71. The van der Waals surface area contributed by atoms with E-state index in [1.165, 1.54) is 29.4 Å². The van der Waals surface area contributed by atoms with E-state index in [0.717, 1.165) is 11.1 Å². The Bertz CT molecular complexity index is 2340. The Balaban J connectivity index is 1.03. The highest BCUT2D eigenvalue weighted by Crippen LogP contribution is 2.42. The predicted molar refractivity (Wildman–Crippen MR) is 243 cm³/mol. The summed E-state index contributed by atoms with van der Waals surface area (Å²) in [6.07, 6.45) is 2.25. The van der Waals surface area contributed by atoms with Crippen molar-refractivity contribution in [3.63, 3.8) is 0 Å². The number of thiazole rings is 1. The van der Waals surface area contributed by atoms with Crippen molar-refractivity contribution in [2.24, 2.45) is 5.41 Å². The molecule has 5 N–H and O–H groups in total. The summed E-state index contributed by atoms with van der Waals surface area (Å²) in [4.78, 5) is 68.9. The normalized spacial score (nSPS) is 17.3. The number of halogens is 1. The van der Waals surface area contributed by atoms with Crippen molar-refractivity contribution in [2.45, 2.75) is 64.6 Å². The van der Waals surface area contributed by atoms with Gasteiger partial charge in [0.25, 0.3) is 0 Å². The SMILES string of the molecule is COC(=O)c1ccc(-c2ccc(Oc3cc4c(cc3OCCOCCNC(=O)COCC(=O)NC(C(=O)N3CC[C@@H](O)C3)C(C)(C)C)CCN[C@]4(C)CC(=O)Nc3nccs3)cc2F)cc1. The number of ether oxygens (including phenoxy) is 5. The number of fused-ring (bicyclic) bond motifs is 1. The molecule has 6 rings (SSSR count). The van der Waals surface area contributed by atoms with E-state index in [2.05, 4.69) is 26.3 Å². The highest BCUT2D eigenvalue weighted by molar-refractivity contribution is 7.13. The lowest BCUT2D eigenvalue weighted by atomic mass is 9.81. The van der Waals surface area contributed by atoms with Gasteiger partial charge in [-0.25, -0.2) is 14.2 Å². The summed E-state index contributed by atoms with van der Waals surface area (Å²) in [5.41, 5.74) is 1.55. The van der Waals surface area contributed by atoms with Crippen molar-refractivity contribution >= 4 is 46.1 Å². The lowest BCUT2D eigenvalue weighted by Crippen LogP contribution is -2.55. The number of methoxy groups -OCH3 is 1. The van der Waals surface area contributed by atoms with Crippen molar-refractivity contribution in [1.29, 1.82) is 0 Å². The van der Waals surface area contributed by atoms with E-state index in [4.69, 9.17) is 23.7 Å².